The molecule has 104 valence electrons. The number of hydrogen-bond donors (Lipinski definition) is 1. The molecule has 5 heteroatoms. The Kier molecular flexibility index (Phi) is 3.76. The summed E-state index contributed by atoms with van der Waals surface area (Å²) < 4.78 is 0. The lowest BCUT2D eigenvalue weighted by molar-refractivity contribution is 0.503. The second-order valence-corrected chi connectivity index (χ2v) is 5.06. The predicted octanol–water partition coefficient (Wildman–Crippen LogP) is 2.30. The van der Waals surface area contributed by atoms with Crippen molar-refractivity contribution in [2.24, 2.45) is 0 Å². The molecule has 1 fully saturated rings. The summed E-state index contributed by atoms with van der Waals surface area (Å²) in [5, 5.41) is 3.10. The van der Waals surface area contributed by atoms with Crippen LogP contribution in [0.3, 0.4) is 0 Å². The molecule has 5 nitrogen and oxygen atoms in total. The molecule has 2 aromatic heterocycles. The Morgan fingerprint density at radius 1 is 1.20 bits per heavy atom. The Morgan fingerprint density at radius 3 is 2.85 bits per heavy atom. The van der Waals surface area contributed by atoms with Gasteiger partial charge in [0.05, 0.1) is 0 Å². The summed E-state index contributed by atoms with van der Waals surface area (Å²) in [5.41, 5.74) is 1.34. The molecule has 0 bridgehead atoms. The number of hydrogen-bond acceptors (Lipinski definition) is 5. The second kappa shape index (κ2) is 5.86. The third kappa shape index (κ3) is 2.71. The number of rotatable bonds is 3. The molecule has 3 heterocycles. The average molecular weight is 269 g/mol. The summed E-state index contributed by atoms with van der Waals surface area (Å²) in [5.74, 6) is 2.28. The van der Waals surface area contributed by atoms with Crippen molar-refractivity contribution in [1.29, 1.82) is 0 Å². The van der Waals surface area contributed by atoms with Crippen molar-refractivity contribution < 1.29 is 0 Å². The second-order valence-electron chi connectivity index (χ2n) is 5.06. The quantitative estimate of drug-likeness (QED) is 0.926. The molecule has 1 aliphatic heterocycles. The highest BCUT2D eigenvalue weighted by Gasteiger charge is 2.23. The van der Waals surface area contributed by atoms with Crippen molar-refractivity contribution in [1.82, 2.24) is 15.0 Å². The van der Waals surface area contributed by atoms with E-state index in [1.807, 2.05) is 19.3 Å². The van der Waals surface area contributed by atoms with Crippen LogP contribution in [0, 0.1) is 0 Å². The Bertz CT molecular complexity index is 557. The van der Waals surface area contributed by atoms with E-state index in [1.54, 1.807) is 12.4 Å². The van der Waals surface area contributed by atoms with Crippen LogP contribution in [0.5, 0.6) is 0 Å². The van der Waals surface area contributed by atoms with Crippen LogP contribution in [0.4, 0.5) is 11.8 Å². The molecule has 0 radical (unpaired) electrons. The molecule has 0 unspecified atom stereocenters. The van der Waals surface area contributed by atoms with Gasteiger partial charge in [0.1, 0.15) is 5.82 Å². The molecular formula is C15H19N5. The summed E-state index contributed by atoms with van der Waals surface area (Å²) in [7, 11) is 1.90. The lowest BCUT2D eigenvalue weighted by atomic mass is 9.91. The van der Waals surface area contributed by atoms with Crippen LogP contribution < -0.4 is 10.2 Å². The minimum Gasteiger partial charge on any atom is -0.373 e. The van der Waals surface area contributed by atoms with E-state index in [4.69, 9.17) is 0 Å². The highest BCUT2D eigenvalue weighted by Crippen LogP contribution is 2.29. The molecule has 0 spiro atoms. The summed E-state index contributed by atoms with van der Waals surface area (Å²) in [6, 6.07) is 6.11. The molecule has 2 aromatic rings. The summed E-state index contributed by atoms with van der Waals surface area (Å²) >= 11 is 0. The fourth-order valence-electron chi connectivity index (χ4n) is 2.72. The summed E-state index contributed by atoms with van der Waals surface area (Å²) in [6.07, 6.45) is 7.85. The van der Waals surface area contributed by atoms with Gasteiger partial charge in [-0.1, -0.05) is 0 Å². The van der Waals surface area contributed by atoms with Crippen LogP contribution in [0.25, 0.3) is 0 Å². The fraction of sp³-hybridized carbons (Fsp3) is 0.400. The number of aromatic nitrogens is 3. The van der Waals surface area contributed by atoms with Gasteiger partial charge in [0.25, 0.3) is 0 Å². The van der Waals surface area contributed by atoms with Gasteiger partial charge >= 0.3 is 0 Å². The smallest absolute Gasteiger partial charge is 0.225 e. The number of nitrogens with zero attached hydrogens (tertiary/aromatic N) is 4. The van der Waals surface area contributed by atoms with Gasteiger partial charge in [-0.15, -0.1) is 0 Å². The first-order valence-electron chi connectivity index (χ1n) is 7.02. The van der Waals surface area contributed by atoms with Crippen molar-refractivity contribution in [3.8, 4) is 0 Å². The lowest BCUT2D eigenvalue weighted by Gasteiger charge is -2.33. The van der Waals surface area contributed by atoms with E-state index in [-0.39, 0.29) is 0 Å². The zero-order valence-electron chi connectivity index (χ0n) is 11.7. The van der Waals surface area contributed by atoms with Crippen molar-refractivity contribution >= 4 is 11.8 Å². The van der Waals surface area contributed by atoms with E-state index < -0.39 is 0 Å². The van der Waals surface area contributed by atoms with Crippen LogP contribution in [0.15, 0.2) is 36.8 Å². The van der Waals surface area contributed by atoms with E-state index in [2.05, 4.69) is 37.3 Å². The van der Waals surface area contributed by atoms with E-state index in [0.717, 1.165) is 24.9 Å². The van der Waals surface area contributed by atoms with Gasteiger partial charge in [0, 0.05) is 44.6 Å². The van der Waals surface area contributed by atoms with Gasteiger partial charge < -0.3 is 10.2 Å². The lowest BCUT2D eigenvalue weighted by Crippen LogP contribution is -2.35. The van der Waals surface area contributed by atoms with Crippen molar-refractivity contribution in [2.75, 3.05) is 30.4 Å². The topological polar surface area (TPSA) is 53.9 Å². The molecule has 1 saturated heterocycles. The maximum Gasteiger partial charge on any atom is 0.225 e. The molecule has 20 heavy (non-hydrogen) atoms. The van der Waals surface area contributed by atoms with E-state index >= 15 is 0 Å². The van der Waals surface area contributed by atoms with Gasteiger partial charge in [0.15, 0.2) is 0 Å². The van der Waals surface area contributed by atoms with Crippen molar-refractivity contribution in [3.05, 3.63) is 42.4 Å². The van der Waals surface area contributed by atoms with Crippen molar-refractivity contribution in [3.63, 3.8) is 0 Å². The van der Waals surface area contributed by atoms with Gasteiger partial charge in [-0.3, -0.25) is 0 Å². The largest absolute Gasteiger partial charge is 0.373 e. The number of nitrogens with one attached hydrogen (secondary N) is 1. The number of anilines is 2. The first-order valence-corrected chi connectivity index (χ1v) is 7.02. The molecule has 3 rings (SSSR count). The Labute approximate surface area is 119 Å². The zero-order chi connectivity index (χ0) is 13.8. The van der Waals surface area contributed by atoms with Crippen LogP contribution in [0.2, 0.25) is 0 Å². The van der Waals surface area contributed by atoms with Crippen LogP contribution in [-0.2, 0) is 0 Å². The normalized spacial score (nSPS) is 18.9. The summed E-state index contributed by atoms with van der Waals surface area (Å²) in [6.45, 7) is 2.00. The molecule has 0 saturated carbocycles. The minimum atomic E-state index is 0.516. The van der Waals surface area contributed by atoms with E-state index in [1.165, 1.54) is 18.4 Å². The first-order chi connectivity index (χ1) is 9.86. The van der Waals surface area contributed by atoms with Gasteiger partial charge in [-0.25, -0.2) is 15.0 Å². The Hall–Kier alpha value is -2.17. The monoisotopic (exact) mass is 269 g/mol. The molecule has 1 N–H and O–H groups in total. The minimum absolute atomic E-state index is 0.516. The summed E-state index contributed by atoms with van der Waals surface area (Å²) in [4.78, 5) is 15.3. The predicted molar refractivity (Wildman–Crippen MR) is 80.0 cm³/mol. The Balaban J connectivity index is 1.78. The molecular weight excluding hydrogens is 250 g/mol. The highest BCUT2D eigenvalue weighted by atomic mass is 15.2. The number of piperidine rings is 1. The Morgan fingerprint density at radius 2 is 2.05 bits per heavy atom. The molecule has 1 aliphatic rings. The third-order valence-electron chi connectivity index (χ3n) is 3.77. The van der Waals surface area contributed by atoms with Gasteiger partial charge in [-0.05, 0) is 36.6 Å². The maximum absolute atomic E-state index is 4.35. The van der Waals surface area contributed by atoms with Crippen molar-refractivity contribution in [2.45, 2.75) is 18.8 Å². The molecule has 0 aromatic carbocycles. The molecule has 1 atom stereocenters. The number of pyridine rings is 1. The highest BCUT2D eigenvalue weighted by molar-refractivity contribution is 5.40. The van der Waals surface area contributed by atoms with Crippen LogP contribution in [-0.4, -0.2) is 35.1 Å². The molecule has 0 amide bonds. The van der Waals surface area contributed by atoms with Gasteiger partial charge in [-0.2, -0.15) is 0 Å². The van der Waals surface area contributed by atoms with E-state index in [0.29, 0.717) is 5.92 Å². The third-order valence-corrected chi connectivity index (χ3v) is 3.77. The first kappa shape index (κ1) is 12.8. The molecule has 0 aliphatic carbocycles. The fourth-order valence-corrected chi connectivity index (χ4v) is 2.72. The van der Waals surface area contributed by atoms with Gasteiger partial charge in [0.2, 0.25) is 5.95 Å². The van der Waals surface area contributed by atoms with Crippen LogP contribution >= 0.6 is 0 Å². The zero-order valence-corrected chi connectivity index (χ0v) is 11.7. The van der Waals surface area contributed by atoms with E-state index in [9.17, 15) is 0 Å². The SMILES string of the molecule is CNc1cc([C@@H]2CCCN(c3ncccn3)C2)ccn1. The average Bonchev–Trinajstić information content (AvgIpc) is 2.56. The maximum atomic E-state index is 4.35. The standard InChI is InChI=1S/C15H19N5/c1-16-14-10-12(5-8-17-14)13-4-2-9-20(11-13)15-18-6-3-7-19-15/h3,5-8,10,13H,2,4,9,11H2,1H3,(H,16,17)/t13-/m1/s1. The van der Waals surface area contributed by atoms with Crippen LogP contribution in [0.1, 0.15) is 24.3 Å².